The second-order valence-corrected chi connectivity index (χ2v) is 9.42. The van der Waals surface area contributed by atoms with Gasteiger partial charge < -0.3 is 15.1 Å². The van der Waals surface area contributed by atoms with Crippen molar-refractivity contribution in [2.24, 2.45) is 0 Å². The van der Waals surface area contributed by atoms with Crippen LogP contribution in [0.25, 0.3) is 10.2 Å². The number of piperazine rings is 1. The molecule has 164 valence electrons. The van der Waals surface area contributed by atoms with Crippen LogP contribution in [0.5, 0.6) is 0 Å². The predicted molar refractivity (Wildman–Crippen MR) is 124 cm³/mol. The number of carbonyl (C=O) groups excluding carboxylic acids is 1. The standard InChI is InChI=1S/C22H34N6OS/c1-3-8-26-12-14-28(15-13-26)20-18-17(2)19(30-22(18)25-16-24-20)21(29)23-7-6-11-27-9-4-5-10-27/h16H,3-15H2,1-2H3,(H,23,29). The largest absolute Gasteiger partial charge is 0.353 e. The lowest BCUT2D eigenvalue weighted by molar-refractivity contribution is 0.0955. The van der Waals surface area contributed by atoms with Crippen molar-refractivity contribution in [2.75, 3.05) is 63.8 Å². The number of rotatable bonds is 8. The SMILES string of the molecule is CCCN1CCN(c2ncnc3sc(C(=O)NCCCN4CCCC4)c(C)c23)CC1. The van der Waals surface area contributed by atoms with Gasteiger partial charge in [-0.15, -0.1) is 11.3 Å². The fourth-order valence-electron chi connectivity index (χ4n) is 4.60. The lowest BCUT2D eigenvalue weighted by Crippen LogP contribution is -2.46. The summed E-state index contributed by atoms with van der Waals surface area (Å²) < 4.78 is 0. The Labute approximate surface area is 183 Å². The highest BCUT2D eigenvalue weighted by atomic mass is 32.1. The minimum Gasteiger partial charge on any atom is -0.353 e. The second-order valence-electron chi connectivity index (χ2n) is 8.42. The van der Waals surface area contributed by atoms with Crippen LogP contribution >= 0.6 is 11.3 Å². The summed E-state index contributed by atoms with van der Waals surface area (Å²) in [5, 5.41) is 4.17. The van der Waals surface area contributed by atoms with E-state index in [1.54, 1.807) is 6.33 Å². The topological polar surface area (TPSA) is 64.6 Å². The van der Waals surface area contributed by atoms with Gasteiger partial charge in [-0.3, -0.25) is 9.69 Å². The number of thiophene rings is 1. The Kier molecular flexibility index (Phi) is 7.17. The van der Waals surface area contributed by atoms with Gasteiger partial charge in [-0.2, -0.15) is 0 Å². The maximum Gasteiger partial charge on any atom is 0.261 e. The highest BCUT2D eigenvalue weighted by Crippen LogP contribution is 2.35. The minimum atomic E-state index is 0.0237. The van der Waals surface area contributed by atoms with E-state index in [9.17, 15) is 4.79 Å². The molecule has 7 nitrogen and oxygen atoms in total. The molecule has 1 N–H and O–H groups in total. The monoisotopic (exact) mass is 430 g/mol. The number of anilines is 1. The van der Waals surface area contributed by atoms with Crippen LogP contribution in [0.3, 0.4) is 0 Å². The molecule has 2 aliphatic heterocycles. The minimum absolute atomic E-state index is 0.0237. The molecule has 0 aromatic carbocycles. The second kappa shape index (κ2) is 10.0. The number of aromatic nitrogens is 2. The smallest absolute Gasteiger partial charge is 0.261 e. The molecule has 2 aromatic rings. The Morgan fingerprint density at radius 2 is 1.80 bits per heavy atom. The van der Waals surface area contributed by atoms with E-state index in [0.29, 0.717) is 0 Å². The first-order valence-corrected chi connectivity index (χ1v) is 12.2. The zero-order valence-corrected chi connectivity index (χ0v) is 19.1. The van der Waals surface area contributed by atoms with Gasteiger partial charge in [0.25, 0.3) is 5.91 Å². The Balaban J connectivity index is 1.42. The zero-order chi connectivity index (χ0) is 20.9. The molecule has 0 aliphatic carbocycles. The quantitative estimate of drug-likeness (QED) is 0.650. The molecule has 4 heterocycles. The van der Waals surface area contributed by atoms with Crippen LogP contribution in [-0.4, -0.2) is 84.6 Å². The highest BCUT2D eigenvalue weighted by molar-refractivity contribution is 7.20. The summed E-state index contributed by atoms with van der Waals surface area (Å²) in [4.78, 5) is 31.0. The third-order valence-corrected chi connectivity index (χ3v) is 7.46. The van der Waals surface area contributed by atoms with Crippen molar-refractivity contribution in [2.45, 2.75) is 39.5 Å². The van der Waals surface area contributed by atoms with Crippen molar-refractivity contribution in [3.8, 4) is 0 Å². The summed E-state index contributed by atoms with van der Waals surface area (Å²) in [7, 11) is 0. The molecule has 2 fully saturated rings. The lowest BCUT2D eigenvalue weighted by atomic mass is 10.1. The number of carbonyl (C=O) groups is 1. The van der Waals surface area contributed by atoms with Crippen molar-refractivity contribution >= 4 is 33.3 Å². The highest BCUT2D eigenvalue weighted by Gasteiger charge is 2.24. The first-order chi connectivity index (χ1) is 14.7. The lowest BCUT2D eigenvalue weighted by Gasteiger charge is -2.35. The van der Waals surface area contributed by atoms with Crippen LogP contribution in [0, 0.1) is 6.92 Å². The van der Waals surface area contributed by atoms with Gasteiger partial charge in [0.15, 0.2) is 0 Å². The number of nitrogens with zero attached hydrogens (tertiary/aromatic N) is 5. The molecule has 1 amide bonds. The van der Waals surface area contributed by atoms with Crippen molar-refractivity contribution in [3.63, 3.8) is 0 Å². The average molecular weight is 431 g/mol. The number of nitrogens with one attached hydrogen (secondary N) is 1. The van der Waals surface area contributed by atoms with Crippen molar-refractivity contribution in [1.29, 1.82) is 0 Å². The first kappa shape index (κ1) is 21.5. The van der Waals surface area contributed by atoms with Gasteiger partial charge in [0.2, 0.25) is 0 Å². The number of amides is 1. The molecule has 0 bridgehead atoms. The molecule has 2 aromatic heterocycles. The molecule has 30 heavy (non-hydrogen) atoms. The van der Waals surface area contributed by atoms with Crippen LogP contribution in [0.4, 0.5) is 5.82 Å². The summed E-state index contributed by atoms with van der Waals surface area (Å²) in [5.41, 5.74) is 1.01. The molecular weight excluding hydrogens is 396 g/mol. The molecule has 2 saturated heterocycles. The zero-order valence-electron chi connectivity index (χ0n) is 18.3. The molecule has 0 unspecified atom stereocenters. The van der Waals surface area contributed by atoms with Gasteiger partial charge in [-0.25, -0.2) is 9.97 Å². The predicted octanol–water partition coefficient (Wildman–Crippen LogP) is 2.75. The molecule has 0 radical (unpaired) electrons. The van der Waals surface area contributed by atoms with E-state index < -0.39 is 0 Å². The van der Waals surface area contributed by atoms with Crippen molar-refractivity contribution in [3.05, 3.63) is 16.8 Å². The number of hydrogen-bond donors (Lipinski definition) is 1. The van der Waals surface area contributed by atoms with Gasteiger partial charge in [0.05, 0.1) is 10.3 Å². The van der Waals surface area contributed by atoms with Gasteiger partial charge in [0, 0.05) is 32.7 Å². The summed E-state index contributed by atoms with van der Waals surface area (Å²) in [6, 6.07) is 0. The number of hydrogen-bond acceptors (Lipinski definition) is 7. The van der Waals surface area contributed by atoms with E-state index in [-0.39, 0.29) is 5.91 Å². The maximum absolute atomic E-state index is 12.9. The van der Waals surface area contributed by atoms with E-state index in [0.717, 1.165) is 78.7 Å². The van der Waals surface area contributed by atoms with Gasteiger partial charge >= 0.3 is 0 Å². The Bertz CT molecular complexity index is 855. The van der Waals surface area contributed by atoms with Crippen LogP contribution in [0.1, 0.15) is 47.8 Å². The molecular formula is C22H34N6OS. The molecule has 2 aliphatic rings. The summed E-state index contributed by atoms with van der Waals surface area (Å²) in [6.07, 6.45) is 6.46. The van der Waals surface area contributed by atoms with Crippen molar-refractivity contribution in [1.82, 2.24) is 25.1 Å². The van der Waals surface area contributed by atoms with E-state index in [1.807, 2.05) is 6.92 Å². The molecule has 0 atom stereocenters. The normalized spacial score (nSPS) is 18.4. The molecule has 0 spiro atoms. The molecule has 4 rings (SSSR count). The van der Waals surface area contributed by atoms with E-state index in [4.69, 9.17) is 0 Å². The Morgan fingerprint density at radius 3 is 2.53 bits per heavy atom. The van der Waals surface area contributed by atoms with Gasteiger partial charge in [-0.1, -0.05) is 6.92 Å². The number of likely N-dealkylation sites (tertiary alicyclic amines) is 1. The van der Waals surface area contributed by atoms with Crippen LogP contribution in [-0.2, 0) is 0 Å². The van der Waals surface area contributed by atoms with Crippen LogP contribution in [0.2, 0.25) is 0 Å². The summed E-state index contributed by atoms with van der Waals surface area (Å²) in [6.45, 7) is 13.7. The summed E-state index contributed by atoms with van der Waals surface area (Å²) in [5.74, 6) is 1.01. The van der Waals surface area contributed by atoms with E-state index in [1.165, 1.54) is 43.7 Å². The van der Waals surface area contributed by atoms with E-state index >= 15 is 0 Å². The van der Waals surface area contributed by atoms with Crippen LogP contribution < -0.4 is 10.2 Å². The fourth-order valence-corrected chi connectivity index (χ4v) is 5.66. The van der Waals surface area contributed by atoms with Gasteiger partial charge in [0.1, 0.15) is 17.0 Å². The van der Waals surface area contributed by atoms with Crippen molar-refractivity contribution < 1.29 is 4.79 Å². The number of aryl methyl sites for hydroxylation is 1. The number of fused-ring (bicyclic) bond motifs is 1. The third kappa shape index (κ3) is 4.76. The van der Waals surface area contributed by atoms with Crippen LogP contribution in [0.15, 0.2) is 6.33 Å². The average Bonchev–Trinajstić information content (AvgIpc) is 3.40. The van der Waals surface area contributed by atoms with E-state index in [2.05, 4.69) is 36.9 Å². The Hall–Kier alpha value is -1.77. The molecule has 0 saturated carbocycles. The maximum atomic E-state index is 12.9. The first-order valence-electron chi connectivity index (χ1n) is 11.4. The summed E-state index contributed by atoms with van der Waals surface area (Å²) >= 11 is 1.49. The third-order valence-electron chi connectivity index (χ3n) is 6.26. The van der Waals surface area contributed by atoms with Gasteiger partial charge in [-0.05, 0) is 64.3 Å². The molecule has 8 heteroatoms. The fraction of sp³-hybridized carbons (Fsp3) is 0.682. The Morgan fingerprint density at radius 1 is 1.07 bits per heavy atom.